The Hall–Kier alpha value is -4.63. The molecule has 0 aliphatic carbocycles. The second-order valence-corrected chi connectivity index (χ2v) is 12.7. The van der Waals surface area contributed by atoms with Crippen LogP contribution in [0.4, 0.5) is 5.69 Å². The third-order valence-corrected chi connectivity index (χ3v) is 8.89. The summed E-state index contributed by atoms with van der Waals surface area (Å²) < 4.78 is 34.8. The van der Waals surface area contributed by atoms with Crippen molar-refractivity contribution in [1.29, 1.82) is 0 Å². The number of rotatable bonds is 14. The standard InChI is InChI=1S/C35H39N3O5S/c1-27(2)24-36-35(40)32(23-28-15-7-4-8-16-28)37(25-29-17-9-5-10-18-29)34(39)26-38(31-21-13-14-22-33(31)43-3)44(41,42)30-19-11-6-12-20-30/h4-22,27,32H,23-26H2,1-3H3,(H,36,40). The number of hydrogen-bond donors (Lipinski definition) is 1. The summed E-state index contributed by atoms with van der Waals surface area (Å²) >= 11 is 0. The van der Waals surface area contributed by atoms with Crippen LogP contribution in [-0.2, 0) is 32.6 Å². The number of hydrogen-bond acceptors (Lipinski definition) is 5. The van der Waals surface area contributed by atoms with E-state index in [9.17, 15) is 18.0 Å². The van der Waals surface area contributed by atoms with Gasteiger partial charge in [-0.3, -0.25) is 13.9 Å². The quantitative estimate of drug-likeness (QED) is 0.208. The average molecular weight is 614 g/mol. The molecule has 0 fully saturated rings. The Bertz CT molecular complexity index is 1610. The maximum absolute atomic E-state index is 14.5. The lowest BCUT2D eigenvalue weighted by Crippen LogP contribution is -2.53. The first-order valence-corrected chi connectivity index (χ1v) is 16.0. The summed E-state index contributed by atoms with van der Waals surface area (Å²) in [4.78, 5) is 29.8. The number of carbonyl (C=O) groups excluding carboxylic acids is 2. The van der Waals surface area contributed by atoms with Gasteiger partial charge in [0.25, 0.3) is 10.0 Å². The van der Waals surface area contributed by atoms with Crippen LogP contribution in [-0.4, -0.2) is 51.4 Å². The minimum atomic E-state index is -4.21. The van der Waals surface area contributed by atoms with Crippen molar-refractivity contribution in [3.63, 3.8) is 0 Å². The largest absolute Gasteiger partial charge is 0.495 e. The molecule has 0 radical (unpaired) electrons. The van der Waals surface area contributed by atoms with Gasteiger partial charge in [0, 0.05) is 19.5 Å². The van der Waals surface area contributed by atoms with Crippen LogP contribution in [0.1, 0.15) is 25.0 Å². The normalized spacial score (nSPS) is 11.9. The van der Waals surface area contributed by atoms with Crippen LogP contribution in [0.2, 0.25) is 0 Å². The molecule has 0 saturated heterocycles. The van der Waals surface area contributed by atoms with Gasteiger partial charge in [-0.15, -0.1) is 0 Å². The molecule has 0 saturated carbocycles. The van der Waals surface area contributed by atoms with Gasteiger partial charge in [-0.25, -0.2) is 8.42 Å². The molecule has 4 aromatic rings. The van der Waals surface area contributed by atoms with Crippen LogP contribution < -0.4 is 14.4 Å². The monoisotopic (exact) mass is 613 g/mol. The summed E-state index contributed by atoms with van der Waals surface area (Å²) in [6, 6.07) is 32.6. The van der Waals surface area contributed by atoms with E-state index in [0.717, 1.165) is 15.4 Å². The topological polar surface area (TPSA) is 96.0 Å². The van der Waals surface area contributed by atoms with Crippen LogP contribution in [0.25, 0.3) is 0 Å². The summed E-state index contributed by atoms with van der Waals surface area (Å²) in [7, 11) is -2.76. The molecule has 0 heterocycles. The highest BCUT2D eigenvalue weighted by Gasteiger charge is 2.35. The van der Waals surface area contributed by atoms with Crippen molar-refractivity contribution in [3.05, 3.63) is 126 Å². The molecule has 4 rings (SSSR count). The fraction of sp³-hybridized carbons (Fsp3) is 0.257. The number of para-hydroxylation sites is 2. The van der Waals surface area contributed by atoms with E-state index in [0.29, 0.717) is 12.3 Å². The van der Waals surface area contributed by atoms with Gasteiger partial charge in [-0.1, -0.05) is 105 Å². The molecule has 9 heteroatoms. The molecule has 0 spiro atoms. The van der Waals surface area contributed by atoms with Crippen LogP contribution in [0.5, 0.6) is 5.75 Å². The second kappa shape index (κ2) is 15.2. The highest BCUT2D eigenvalue weighted by molar-refractivity contribution is 7.92. The fourth-order valence-corrected chi connectivity index (χ4v) is 6.27. The number of sulfonamides is 1. The summed E-state index contributed by atoms with van der Waals surface area (Å²) in [6.45, 7) is 4.00. The van der Waals surface area contributed by atoms with Gasteiger partial charge in [0.1, 0.15) is 18.3 Å². The molecule has 1 atom stereocenters. The van der Waals surface area contributed by atoms with Crippen molar-refractivity contribution in [2.75, 3.05) is 24.5 Å². The summed E-state index contributed by atoms with van der Waals surface area (Å²) in [5.41, 5.74) is 1.91. The lowest BCUT2D eigenvalue weighted by Gasteiger charge is -2.34. The predicted molar refractivity (Wildman–Crippen MR) is 173 cm³/mol. The SMILES string of the molecule is COc1ccccc1N(CC(=O)N(Cc1ccccc1)C(Cc1ccccc1)C(=O)NCC(C)C)S(=O)(=O)c1ccccc1. The number of nitrogens with zero attached hydrogens (tertiary/aromatic N) is 2. The smallest absolute Gasteiger partial charge is 0.264 e. The number of methoxy groups -OCH3 is 1. The van der Waals surface area contributed by atoms with E-state index in [2.05, 4.69) is 5.32 Å². The van der Waals surface area contributed by atoms with Crippen molar-refractivity contribution in [2.24, 2.45) is 5.92 Å². The minimum absolute atomic E-state index is 0.0313. The molecule has 8 nitrogen and oxygen atoms in total. The van der Waals surface area contributed by atoms with E-state index in [-0.39, 0.29) is 35.4 Å². The van der Waals surface area contributed by atoms with E-state index in [1.807, 2.05) is 74.5 Å². The lowest BCUT2D eigenvalue weighted by molar-refractivity contribution is -0.140. The number of benzene rings is 4. The van der Waals surface area contributed by atoms with Gasteiger partial charge in [-0.05, 0) is 41.3 Å². The Kier molecular flexibility index (Phi) is 11.2. The predicted octanol–water partition coefficient (Wildman–Crippen LogP) is 5.30. The first-order valence-electron chi connectivity index (χ1n) is 14.6. The summed E-state index contributed by atoms with van der Waals surface area (Å²) in [5.74, 6) is -0.335. The minimum Gasteiger partial charge on any atom is -0.495 e. The first-order chi connectivity index (χ1) is 21.2. The Morgan fingerprint density at radius 3 is 1.91 bits per heavy atom. The van der Waals surface area contributed by atoms with Crippen molar-refractivity contribution in [3.8, 4) is 5.75 Å². The van der Waals surface area contributed by atoms with Gasteiger partial charge >= 0.3 is 0 Å². The van der Waals surface area contributed by atoms with E-state index in [4.69, 9.17) is 4.74 Å². The van der Waals surface area contributed by atoms with Crippen molar-refractivity contribution >= 4 is 27.5 Å². The van der Waals surface area contributed by atoms with Gasteiger partial charge in [0.2, 0.25) is 11.8 Å². The van der Waals surface area contributed by atoms with Crippen molar-refractivity contribution < 1.29 is 22.7 Å². The molecule has 4 aromatic carbocycles. The number of amides is 2. The Morgan fingerprint density at radius 1 is 0.773 bits per heavy atom. The molecule has 0 aliphatic heterocycles. The fourth-order valence-electron chi connectivity index (χ4n) is 4.83. The van der Waals surface area contributed by atoms with E-state index in [1.165, 1.54) is 24.1 Å². The summed E-state index contributed by atoms with van der Waals surface area (Å²) in [6.07, 6.45) is 0.253. The Balaban J connectivity index is 1.80. The van der Waals surface area contributed by atoms with Crippen molar-refractivity contribution in [2.45, 2.75) is 37.8 Å². The Morgan fingerprint density at radius 2 is 1.32 bits per heavy atom. The van der Waals surface area contributed by atoms with Gasteiger partial charge < -0.3 is 15.0 Å². The van der Waals surface area contributed by atoms with Crippen LogP contribution >= 0.6 is 0 Å². The second-order valence-electron chi connectivity index (χ2n) is 10.8. The molecule has 0 bridgehead atoms. The number of nitrogens with one attached hydrogen (secondary N) is 1. The molecule has 44 heavy (non-hydrogen) atoms. The van der Waals surface area contributed by atoms with Gasteiger partial charge in [-0.2, -0.15) is 0 Å². The molecule has 230 valence electrons. The number of ether oxygens (including phenoxy) is 1. The lowest BCUT2D eigenvalue weighted by atomic mass is 10.0. The zero-order valence-corrected chi connectivity index (χ0v) is 26.1. The van der Waals surface area contributed by atoms with Crippen LogP contribution in [0, 0.1) is 5.92 Å². The molecular formula is C35H39N3O5S. The highest BCUT2D eigenvalue weighted by atomic mass is 32.2. The zero-order chi connectivity index (χ0) is 31.5. The average Bonchev–Trinajstić information content (AvgIpc) is 3.05. The molecule has 1 unspecified atom stereocenters. The Labute approximate surface area is 260 Å². The number of anilines is 1. The third kappa shape index (κ3) is 8.26. The summed E-state index contributed by atoms with van der Waals surface area (Å²) in [5, 5.41) is 3.00. The van der Waals surface area contributed by atoms with E-state index < -0.39 is 28.5 Å². The number of carbonyl (C=O) groups is 2. The molecule has 1 N–H and O–H groups in total. The zero-order valence-electron chi connectivity index (χ0n) is 25.3. The van der Waals surface area contributed by atoms with E-state index in [1.54, 1.807) is 42.5 Å². The maximum Gasteiger partial charge on any atom is 0.264 e. The molecular weight excluding hydrogens is 574 g/mol. The van der Waals surface area contributed by atoms with Crippen LogP contribution in [0.15, 0.2) is 120 Å². The van der Waals surface area contributed by atoms with Crippen molar-refractivity contribution in [1.82, 2.24) is 10.2 Å². The highest BCUT2D eigenvalue weighted by Crippen LogP contribution is 2.32. The van der Waals surface area contributed by atoms with E-state index >= 15 is 0 Å². The molecule has 0 aromatic heterocycles. The molecule has 2 amide bonds. The first kappa shape index (κ1) is 32.3. The van der Waals surface area contributed by atoms with Crippen LogP contribution in [0.3, 0.4) is 0 Å². The molecule has 0 aliphatic rings. The van der Waals surface area contributed by atoms with Gasteiger partial charge in [0.15, 0.2) is 0 Å². The maximum atomic E-state index is 14.5. The third-order valence-electron chi connectivity index (χ3n) is 7.12. The van der Waals surface area contributed by atoms with Gasteiger partial charge in [0.05, 0.1) is 17.7 Å².